The van der Waals surface area contributed by atoms with Crippen molar-refractivity contribution in [1.82, 2.24) is 0 Å². The second-order valence-electron chi connectivity index (χ2n) is 1.69. The lowest BCUT2D eigenvalue weighted by Crippen LogP contribution is -1.63. The van der Waals surface area contributed by atoms with Crippen molar-refractivity contribution in [2.75, 3.05) is 0 Å². The Morgan fingerprint density at radius 2 is 2.43 bits per heavy atom. The van der Waals surface area contributed by atoms with E-state index in [0.29, 0.717) is 0 Å². The lowest BCUT2D eigenvalue weighted by Gasteiger charge is -1.88. The van der Waals surface area contributed by atoms with Gasteiger partial charge in [-0.3, -0.25) is 6.08 Å². The van der Waals surface area contributed by atoms with Crippen LogP contribution in [0.1, 0.15) is 19.3 Å². The highest BCUT2D eigenvalue weighted by molar-refractivity contribution is 5.01. The summed E-state index contributed by atoms with van der Waals surface area (Å²) in [5.74, 6) is 0. The predicted molar refractivity (Wildman–Crippen MR) is 30.8 cm³/mol. The number of hydrogen-bond acceptors (Lipinski definition) is 0. The van der Waals surface area contributed by atoms with Crippen molar-refractivity contribution in [1.29, 1.82) is 0 Å². The first-order chi connectivity index (χ1) is 3.50. The van der Waals surface area contributed by atoms with E-state index in [4.69, 9.17) is 0 Å². The Balaban J connectivity index is 2.39. The number of allylic oxidation sites excluding steroid dienone is 4. The molecule has 38 valence electrons. The zero-order valence-corrected chi connectivity index (χ0v) is 4.35. The van der Waals surface area contributed by atoms with Crippen LogP contribution in [-0.2, 0) is 0 Å². The molecule has 0 fully saturated rings. The molecule has 0 saturated carbocycles. The number of hydrogen-bond donors (Lipinski definition) is 0. The normalized spacial score (nSPS) is 19.4. The molecule has 0 heteroatoms. The van der Waals surface area contributed by atoms with E-state index in [1.807, 2.05) is 6.08 Å². The van der Waals surface area contributed by atoms with E-state index in [0.717, 1.165) is 6.42 Å². The Hall–Kier alpha value is -0.520. The van der Waals surface area contributed by atoms with Crippen molar-refractivity contribution in [2.45, 2.75) is 19.3 Å². The van der Waals surface area contributed by atoms with Crippen LogP contribution in [0, 0.1) is 6.08 Å². The molecule has 0 bridgehead atoms. The highest BCUT2D eigenvalue weighted by Crippen LogP contribution is 2.00. The van der Waals surface area contributed by atoms with Crippen LogP contribution in [0.4, 0.5) is 0 Å². The summed E-state index contributed by atoms with van der Waals surface area (Å²) in [6, 6.07) is 0. The highest BCUT2D eigenvalue weighted by atomic mass is 13.9. The summed E-state index contributed by atoms with van der Waals surface area (Å²) >= 11 is 0. The van der Waals surface area contributed by atoms with Crippen LogP contribution < -0.4 is 0 Å². The van der Waals surface area contributed by atoms with Gasteiger partial charge in [-0.25, -0.2) is 12.2 Å². The van der Waals surface area contributed by atoms with Gasteiger partial charge in [0.2, 0.25) is 0 Å². The maximum Gasteiger partial charge on any atom is -0.0524 e. The lowest BCUT2D eigenvalue weighted by atomic mass is 10.2. The first-order valence-corrected chi connectivity index (χ1v) is 2.72. The Bertz CT molecular complexity index is 76.2. The smallest absolute Gasteiger partial charge is 0.0524 e. The molecule has 1 aliphatic rings. The third kappa shape index (κ3) is 1.58. The van der Waals surface area contributed by atoms with Gasteiger partial charge in [-0.1, -0.05) is 12.8 Å². The molecular weight excluding hydrogens is 84.1 g/mol. The third-order valence-electron chi connectivity index (χ3n) is 1.04. The molecule has 0 unspecified atom stereocenters. The zero-order chi connectivity index (χ0) is 4.95. The summed E-state index contributed by atoms with van der Waals surface area (Å²) in [4.78, 5) is 0. The second-order valence-corrected chi connectivity index (χ2v) is 1.69. The molecule has 1 rings (SSSR count). The van der Waals surface area contributed by atoms with Gasteiger partial charge in [0.05, 0.1) is 0 Å². The molecule has 0 amide bonds. The molecule has 1 aliphatic carbocycles. The van der Waals surface area contributed by atoms with Crippen molar-refractivity contribution >= 4 is 0 Å². The summed E-state index contributed by atoms with van der Waals surface area (Å²) in [6.07, 6.45) is 13.0. The van der Waals surface area contributed by atoms with Gasteiger partial charge in [0.1, 0.15) is 0 Å². The van der Waals surface area contributed by atoms with Crippen LogP contribution in [0.5, 0.6) is 0 Å². The fraction of sp³-hybridized carbons (Fsp3) is 0.429. The Morgan fingerprint density at radius 1 is 1.43 bits per heavy atom. The van der Waals surface area contributed by atoms with Crippen LogP contribution in [0.15, 0.2) is 18.2 Å². The van der Waals surface area contributed by atoms with Crippen LogP contribution in [0.3, 0.4) is 0 Å². The molecule has 7 heavy (non-hydrogen) atoms. The average molecular weight is 93.1 g/mol. The standard InChI is InChI=1S/C7H9/c1-2-4-6-7-5-3-1/h1-3H,4,6-7H2/q-1. The maximum atomic E-state index is 3.14. The van der Waals surface area contributed by atoms with Crippen molar-refractivity contribution in [3.8, 4) is 0 Å². The maximum absolute atomic E-state index is 3.14. The minimum absolute atomic E-state index is 1.13. The summed E-state index contributed by atoms with van der Waals surface area (Å²) in [5, 5.41) is 0. The molecule has 0 spiro atoms. The Kier molecular flexibility index (Phi) is 1.73. The Morgan fingerprint density at radius 3 is 3.43 bits per heavy atom. The molecule has 0 aromatic carbocycles. The van der Waals surface area contributed by atoms with Crippen molar-refractivity contribution in [3.63, 3.8) is 0 Å². The summed E-state index contributed by atoms with van der Waals surface area (Å²) in [7, 11) is 0. The van der Waals surface area contributed by atoms with E-state index in [1.54, 1.807) is 0 Å². The van der Waals surface area contributed by atoms with Crippen LogP contribution >= 0.6 is 0 Å². The van der Waals surface area contributed by atoms with E-state index in [2.05, 4.69) is 18.2 Å². The first-order valence-electron chi connectivity index (χ1n) is 2.72. The van der Waals surface area contributed by atoms with Gasteiger partial charge in [0.25, 0.3) is 0 Å². The van der Waals surface area contributed by atoms with Crippen molar-refractivity contribution in [3.05, 3.63) is 24.3 Å². The number of rotatable bonds is 0. The molecule has 0 saturated heterocycles. The quantitative estimate of drug-likeness (QED) is 0.402. The molecule has 0 atom stereocenters. The minimum atomic E-state index is 1.13. The molecule has 0 aliphatic heterocycles. The summed E-state index contributed by atoms with van der Waals surface area (Å²) in [6.45, 7) is 0. The van der Waals surface area contributed by atoms with Crippen LogP contribution in [-0.4, -0.2) is 0 Å². The molecule has 0 nitrogen and oxygen atoms in total. The van der Waals surface area contributed by atoms with E-state index in [9.17, 15) is 0 Å². The van der Waals surface area contributed by atoms with Gasteiger partial charge in [0.15, 0.2) is 0 Å². The van der Waals surface area contributed by atoms with E-state index in [1.165, 1.54) is 12.8 Å². The molecule has 0 N–H and O–H groups in total. The van der Waals surface area contributed by atoms with Gasteiger partial charge in [-0.05, 0) is 0 Å². The molecule has 0 heterocycles. The summed E-state index contributed by atoms with van der Waals surface area (Å²) < 4.78 is 0. The largest absolute Gasteiger partial charge is 0.275 e. The van der Waals surface area contributed by atoms with Crippen molar-refractivity contribution in [2.24, 2.45) is 0 Å². The molecular formula is C7H9-. The molecule has 0 aromatic heterocycles. The fourth-order valence-corrected chi connectivity index (χ4v) is 0.638. The average Bonchev–Trinajstić information content (AvgIpc) is 1.90. The SMILES string of the molecule is [C-]1=CC=CCCC1. The fourth-order valence-electron chi connectivity index (χ4n) is 0.638. The topological polar surface area (TPSA) is 0 Å². The monoisotopic (exact) mass is 93.1 g/mol. The predicted octanol–water partition coefficient (Wildman–Crippen LogP) is 2.09. The molecule has 0 radical (unpaired) electrons. The highest BCUT2D eigenvalue weighted by Gasteiger charge is 1.74. The van der Waals surface area contributed by atoms with E-state index in [-0.39, 0.29) is 0 Å². The van der Waals surface area contributed by atoms with Gasteiger partial charge in [-0.15, -0.1) is 6.42 Å². The van der Waals surface area contributed by atoms with Gasteiger partial charge >= 0.3 is 0 Å². The third-order valence-corrected chi connectivity index (χ3v) is 1.04. The summed E-state index contributed by atoms with van der Waals surface area (Å²) in [5.41, 5.74) is 0. The first kappa shape index (κ1) is 4.63. The lowest BCUT2D eigenvalue weighted by molar-refractivity contribution is 0.863. The molecule has 0 aromatic rings. The zero-order valence-electron chi connectivity index (χ0n) is 4.35. The van der Waals surface area contributed by atoms with Gasteiger partial charge in [0, 0.05) is 0 Å². The van der Waals surface area contributed by atoms with Crippen molar-refractivity contribution < 1.29 is 0 Å². The van der Waals surface area contributed by atoms with E-state index < -0.39 is 0 Å². The van der Waals surface area contributed by atoms with Crippen LogP contribution in [0.25, 0.3) is 0 Å². The minimum Gasteiger partial charge on any atom is -0.275 e. The van der Waals surface area contributed by atoms with Gasteiger partial charge in [-0.2, -0.15) is 6.08 Å². The Labute approximate surface area is 44.5 Å². The van der Waals surface area contributed by atoms with E-state index >= 15 is 0 Å². The van der Waals surface area contributed by atoms with Crippen LogP contribution in [0.2, 0.25) is 0 Å². The van der Waals surface area contributed by atoms with Gasteiger partial charge < -0.3 is 0 Å². The second kappa shape index (κ2) is 2.62.